The second-order valence-corrected chi connectivity index (χ2v) is 9.80. The Morgan fingerprint density at radius 1 is 0.870 bits per heavy atom. The smallest absolute Gasteiger partial charge is 0.432 e. The van der Waals surface area contributed by atoms with Gasteiger partial charge in [0.2, 0.25) is 5.91 Å². The average molecular weight is 640 g/mol. The summed E-state index contributed by atoms with van der Waals surface area (Å²) in [5.74, 6) is 0.799. The van der Waals surface area contributed by atoms with Crippen molar-refractivity contribution in [1.29, 1.82) is 0 Å². The van der Waals surface area contributed by atoms with Crippen molar-refractivity contribution in [3.05, 3.63) is 108 Å². The van der Waals surface area contributed by atoms with Gasteiger partial charge in [0.05, 0.1) is 28.4 Å². The number of hydrogen-bond acceptors (Lipinski definition) is 6. The molecule has 15 heteroatoms. The number of nitrogens with zero attached hydrogens (tertiary/aromatic N) is 4. The zero-order valence-electron chi connectivity index (χ0n) is 23.7. The highest BCUT2D eigenvalue weighted by Gasteiger charge is 2.33. The molecule has 9 nitrogen and oxygen atoms in total. The summed E-state index contributed by atoms with van der Waals surface area (Å²) in [6.45, 7) is 0. The maximum Gasteiger partial charge on any atom is 0.432 e. The lowest BCUT2D eigenvalue weighted by Gasteiger charge is -2.07. The summed E-state index contributed by atoms with van der Waals surface area (Å²) in [6, 6.07) is 19.6. The number of nitrogens with two attached hydrogens (primary N) is 2. The molecule has 3 aromatic heterocycles. The van der Waals surface area contributed by atoms with Crippen molar-refractivity contribution in [2.24, 2.45) is 12.8 Å². The summed E-state index contributed by atoms with van der Waals surface area (Å²) in [5, 5.41) is 0. The van der Waals surface area contributed by atoms with Gasteiger partial charge in [-0.2, -0.15) is 26.3 Å². The van der Waals surface area contributed by atoms with E-state index in [1.165, 1.54) is 24.4 Å². The number of pyridine rings is 1. The maximum atomic E-state index is 12.9. The van der Waals surface area contributed by atoms with Gasteiger partial charge in [0, 0.05) is 36.6 Å². The van der Waals surface area contributed by atoms with E-state index in [1.807, 2.05) is 17.7 Å². The molecule has 6 aromatic rings. The molecule has 0 aliphatic heterocycles. The number of primary amides is 1. The number of aryl methyl sites for hydroxylation is 1. The molecule has 46 heavy (non-hydrogen) atoms. The van der Waals surface area contributed by atoms with Crippen LogP contribution in [-0.4, -0.2) is 30.4 Å². The summed E-state index contributed by atoms with van der Waals surface area (Å²) in [7, 11) is 1.83. The summed E-state index contributed by atoms with van der Waals surface area (Å²) in [4.78, 5) is 26.6. The second-order valence-electron chi connectivity index (χ2n) is 9.80. The normalized spacial score (nSPS) is 11.6. The van der Waals surface area contributed by atoms with E-state index in [0.29, 0.717) is 45.9 Å². The number of amides is 1. The molecule has 0 aliphatic rings. The van der Waals surface area contributed by atoms with Gasteiger partial charge in [0.1, 0.15) is 28.7 Å². The van der Waals surface area contributed by atoms with E-state index >= 15 is 0 Å². The molecular weight excluding hydrogens is 616 g/mol. The van der Waals surface area contributed by atoms with Crippen LogP contribution in [0.1, 0.15) is 21.6 Å². The van der Waals surface area contributed by atoms with Gasteiger partial charge >= 0.3 is 12.4 Å². The van der Waals surface area contributed by atoms with Crippen molar-refractivity contribution in [3.63, 3.8) is 0 Å². The Morgan fingerprint density at radius 3 is 2.22 bits per heavy atom. The van der Waals surface area contributed by atoms with E-state index in [-0.39, 0.29) is 11.5 Å². The van der Waals surface area contributed by atoms with Crippen molar-refractivity contribution in [2.45, 2.75) is 12.4 Å². The SMILES string of the molecule is Cn1c(-c2ccccc2C(N)=O)nc2cc(Oc3ccnc(-c4ncc(C(F)(F)F)[nH]4)c3)ccc21.Nc1ccc(C(F)(F)F)cc1. The number of anilines is 1. The van der Waals surface area contributed by atoms with Gasteiger partial charge in [-0.25, -0.2) is 9.97 Å². The highest BCUT2D eigenvalue weighted by atomic mass is 19.4. The van der Waals surface area contributed by atoms with Crippen molar-refractivity contribution in [1.82, 2.24) is 24.5 Å². The lowest BCUT2D eigenvalue weighted by Crippen LogP contribution is -2.13. The Hall–Kier alpha value is -5.86. The van der Waals surface area contributed by atoms with Crippen molar-refractivity contribution >= 4 is 22.6 Å². The predicted molar refractivity (Wildman–Crippen MR) is 157 cm³/mol. The number of alkyl halides is 6. The van der Waals surface area contributed by atoms with Crippen LogP contribution in [0.3, 0.4) is 0 Å². The third-order valence-corrected chi connectivity index (χ3v) is 6.61. The maximum absolute atomic E-state index is 12.9. The van der Waals surface area contributed by atoms with Crippen molar-refractivity contribution < 1.29 is 35.9 Å². The summed E-state index contributed by atoms with van der Waals surface area (Å²) >= 11 is 0. The van der Waals surface area contributed by atoms with E-state index in [9.17, 15) is 31.1 Å². The number of hydrogen-bond donors (Lipinski definition) is 3. The summed E-state index contributed by atoms with van der Waals surface area (Å²) in [6.07, 6.45) is -6.67. The number of ether oxygens (including phenoxy) is 1. The number of aromatic amines is 1. The molecule has 3 heterocycles. The van der Waals surface area contributed by atoms with Crippen LogP contribution >= 0.6 is 0 Å². The summed E-state index contributed by atoms with van der Waals surface area (Å²) in [5.41, 5.74) is 12.0. The Labute approximate surface area is 256 Å². The van der Waals surface area contributed by atoms with Crippen LogP contribution in [0.5, 0.6) is 11.5 Å². The fourth-order valence-corrected chi connectivity index (χ4v) is 4.38. The largest absolute Gasteiger partial charge is 0.457 e. The standard InChI is InChI=1S/C24H17F3N6O2.C7H6F3N/c1-33-19-7-6-13(10-17(19)31-23(33)16-5-3-2-4-15(16)21(28)34)35-14-8-9-29-18(11-14)22-30-12-20(32-22)24(25,26)27;8-7(9,10)5-1-3-6(11)4-2-5/h2-12H,1H3,(H2,28,34)(H,30,32);1-4H,11H2. The molecule has 0 spiro atoms. The van der Waals surface area contributed by atoms with Crippen molar-refractivity contribution in [3.8, 4) is 34.4 Å². The number of nitrogen functional groups attached to an aromatic ring is 1. The fraction of sp³-hybridized carbons (Fsp3) is 0.0968. The Bertz CT molecular complexity index is 2020. The molecule has 0 atom stereocenters. The Balaban J connectivity index is 0.000000322. The van der Waals surface area contributed by atoms with Crippen LogP contribution in [0.25, 0.3) is 33.9 Å². The van der Waals surface area contributed by atoms with Gasteiger partial charge in [0.15, 0.2) is 5.82 Å². The number of rotatable bonds is 5. The van der Waals surface area contributed by atoms with Crippen molar-refractivity contribution in [2.75, 3.05) is 5.73 Å². The van der Waals surface area contributed by atoms with Gasteiger partial charge < -0.3 is 25.8 Å². The van der Waals surface area contributed by atoms with Gasteiger partial charge in [-0.05, 0) is 48.5 Å². The van der Waals surface area contributed by atoms with E-state index in [2.05, 4.69) is 19.9 Å². The first-order valence-electron chi connectivity index (χ1n) is 13.3. The molecule has 1 amide bonds. The first-order valence-corrected chi connectivity index (χ1v) is 13.3. The fourth-order valence-electron chi connectivity index (χ4n) is 4.38. The van der Waals surface area contributed by atoms with Crippen LogP contribution in [0.15, 0.2) is 91.3 Å². The number of H-pyrrole nitrogens is 1. The van der Waals surface area contributed by atoms with Gasteiger partial charge in [0.25, 0.3) is 0 Å². The Morgan fingerprint density at radius 2 is 1.57 bits per heavy atom. The number of nitrogens with one attached hydrogen (secondary N) is 1. The number of aromatic nitrogens is 5. The first-order chi connectivity index (χ1) is 21.7. The lowest BCUT2D eigenvalue weighted by molar-refractivity contribution is -0.141. The molecular formula is C31H23F6N7O2. The monoisotopic (exact) mass is 639 g/mol. The number of imidazole rings is 2. The molecule has 0 saturated heterocycles. The zero-order valence-corrected chi connectivity index (χ0v) is 23.7. The predicted octanol–water partition coefficient (Wildman–Crippen LogP) is 7.22. The highest BCUT2D eigenvalue weighted by Crippen LogP contribution is 2.33. The number of carbonyl (C=O) groups is 1. The molecule has 0 radical (unpaired) electrons. The van der Waals surface area contributed by atoms with Crippen LogP contribution in [0, 0.1) is 0 Å². The van der Waals surface area contributed by atoms with E-state index < -0.39 is 29.5 Å². The van der Waals surface area contributed by atoms with E-state index in [1.54, 1.807) is 42.5 Å². The highest BCUT2D eigenvalue weighted by molar-refractivity contribution is 5.99. The van der Waals surface area contributed by atoms with Crippen LogP contribution in [-0.2, 0) is 19.4 Å². The van der Waals surface area contributed by atoms with Gasteiger partial charge in [-0.1, -0.05) is 18.2 Å². The van der Waals surface area contributed by atoms with Crippen LogP contribution in [0.4, 0.5) is 32.0 Å². The molecule has 236 valence electrons. The molecule has 0 aliphatic carbocycles. The lowest BCUT2D eigenvalue weighted by atomic mass is 10.1. The molecule has 0 bridgehead atoms. The minimum Gasteiger partial charge on any atom is -0.457 e. The zero-order chi connectivity index (χ0) is 33.2. The molecule has 3 aromatic carbocycles. The minimum atomic E-state index is -4.53. The van der Waals surface area contributed by atoms with Crippen LogP contribution < -0.4 is 16.2 Å². The third kappa shape index (κ3) is 6.93. The van der Waals surface area contributed by atoms with Gasteiger partial charge in [-0.15, -0.1) is 0 Å². The third-order valence-electron chi connectivity index (χ3n) is 6.61. The van der Waals surface area contributed by atoms with Crippen LogP contribution in [0.2, 0.25) is 0 Å². The minimum absolute atomic E-state index is 0.0271. The average Bonchev–Trinajstić information content (AvgIpc) is 3.63. The Kier molecular flexibility index (Phi) is 8.41. The molecule has 0 saturated carbocycles. The summed E-state index contributed by atoms with van der Waals surface area (Å²) < 4.78 is 82.0. The molecule has 5 N–H and O–H groups in total. The van der Waals surface area contributed by atoms with E-state index in [0.717, 1.165) is 17.6 Å². The topological polar surface area (TPSA) is 138 Å². The quantitative estimate of drug-likeness (QED) is 0.135. The number of carbonyl (C=O) groups excluding carboxylic acids is 1. The number of benzene rings is 3. The molecule has 0 fully saturated rings. The van der Waals surface area contributed by atoms with E-state index in [4.69, 9.17) is 16.2 Å². The molecule has 6 rings (SSSR count). The second kappa shape index (κ2) is 12.3. The molecule has 0 unspecified atom stereocenters. The first kappa shape index (κ1) is 31.6. The number of fused-ring (bicyclic) bond motifs is 1. The number of halogens is 6. The van der Waals surface area contributed by atoms with Gasteiger partial charge in [-0.3, -0.25) is 9.78 Å².